The number of carbonyl (C=O) groups excluding carboxylic acids is 1. The van der Waals surface area contributed by atoms with E-state index in [4.69, 9.17) is 0 Å². The zero-order valence-electron chi connectivity index (χ0n) is 15.5. The number of likely N-dealkylation sites (tertiary alicyclic amines) is 1. The van der Waals surface area contributed by atoms with E-state index in [1.165, 1.54) is 28.9 Å². The molecule has 140 valence electrons. The quantitative estimate of drug-likeness (QED) is 0.590. The number of hydrogen-bond donors (Lipinski definition) is 0. The van der Waals surface area contributed by atoms with Crippen LogP contribution in [0.15, 0.2) is 22.5 Å². The van der Waals surface area contributed by atoms with Gasteiger partial charge in [-0.3, -0.25) is 14.2 Å². The van der Waals surface area contributed by atoms with E-state index in [1.807, 2.05) is 18.7 Å². The molecule has 1 aliphatic heterocycles. The molecule has 3 heterocycles. The largest absolute Gasteiger partial charge is 0.341 e. The number of carbonyl (C=O) groups is 1. The van der Waals surface area contributed by atoms with E-state index in [0.717, 1.165) is 31.7 Å². The van der Waals surface area contributed by atoms with Crippen LogP contribution in [0.25, 0.3) is 11.0 Å². The molecule has 1 saturated heterocycles. The number of aromatic nitrogens is 4. The Hall–Kier alpha value is -1.96. The lowest BCUT2D eigenvalue weighted by Crippen LogP contribution is -2.44. The van der Waals surface area contributed by atoms with Gasteiger partial charge in [-0.15, -0.1) is 0 Å². The van der Waals surface area contributed by atoms with Crippen molar-refractivity contribution in [2.75, 3.05) is 18.8 Å². The van der Waals surface area contributed by atoms with Crippen molar-refractivity contribution >= 4 is 28.7 Å². The maximum absolute atomic E-state index is 13.0. The first-order chi connectivity index (χ1) is 12.5. The van der Waals surface area contributed by atoms with Crippen LogP contribution in [0.5, 0.6) is 0 Å². The summed E-state index contributed by atoms with van der Waals surface area (Å²) < 4.78 is 1.44. The topological polar surface area (TPSA) is 81.0 Å². The molecule has 1 atom stereocenters. The third-order valence-corrected chi connectivity index (χ3v) is 5.64. The molecule has 2 aromatic rings. The number of hydrogen-bond acceptors (Lipinski definition) is 6. The Morgan fingerprint density at radius 2 is 2.04 bits per heavy atom. The molecule has 1 fully saturated rings. The van der Waals surface area contributed by atoms with Gasteiger partial charge in [-0.1, -0.05) is 32.5 Å². The fourth-order valence-corrected chi connectivity index (χ4v) is 3.80. The minimum absolute atomic E-state index is 0.00160. The highest BCUT2D eigenvalue weighted by molar-refractivity contribution is 7.99. The first-order valence-electron chi connectivity index (χ1n) is 9.20. The highest BCUT2D eigenvalue weighted by Gasteiger charge is 2.28. The molecular formula is C18H25N5O2S. The molecule has 0 aromatic carbocycles. The third-order valence-electron chi connectivity index (χ3n) is 4.89. The summed E-state index contributed by atoms with van der Waals surface area (Å²) in [6, 6.07) is -0.530. The monoisotopic (exact) mass is 375 g/mol. The Morgan fingerprint density at radius 3 is 2.69 bits per heavy atom. The molecule has 0 N–H and O–H groups in total. The Morgan fingerprint density at radius 1 is 1.31 bits per heavy atom. The highest BCUT2D eigenvalue weighted by Crippen LogP contribution is 2.21. The third kappa shape index (κ3) is 3.75. The second kappa shape index (κ2) is 8.16. The Bertz CT molecular complexity index is 845. The SMILES string of the molecule is CCSc1ncc2c(=O)n([C@H](CC)C(=O)N3CCC(C)CC3)cnc2n1. The van der Waals surface area contributed by atoms with Crippen molar-refractivity contribution in [2.24, 2.45) is 5.92 Å². The van der Waals surface area contributed by atoms with Crippen LogP contribution in [0.3, 0.4) is 0 Å². The number of piperidine rings is 1. The van der Waals surface area contributed by atoms with Gasteiger partial charge in [0.05, 0.1) is 0 Å². The van der Waals surface area contributed by atoms with Crippen molar-refractivity contribution in [2.45, 2.75) is 51.2 Å². The van der Waals surface area contributed by atoms with Gasteiger partial charge in [0.1, 0.15) is 17.8 Å². The molecule has 0 radical (unpaired) electrons. The second-order valence-electron chi connectivity index (χ2n) is 6.71. The van der Waals surface area contributed by atoms with Crippen LogP contribution >= 0.6 is 11.8 Å². The van der Waals surface area contributed by atoms with Crippen LogP contribution in [0, 0.1) is 5.92 Å². The highest BCUT2D eigenvalue weighted by atomic mass is 32.2. The molecule has 0 bridgehead atoms. The summed E-state index contributed by atoms with van der Waals surface area (Å²) >= 11 is 1.50. The Labute approximate surface area is 157 Å². The molecule has 8 heteroatoms. The van der Waals surface area contributed by atoms with Gasteiger partial charge in [-0.05, 0) is 30.9 Å². The van der Waals surface area contributed by atoms with Gasteiger partial charge in [0, 0.05) is 19.3 Å². The average Bonchev–Trinajstić information content (AvgIpc) is 2.65. The van der Waals surface area contributed by atoms with E-state index in [9.17, 15) is 9.59 Å². The molecular weight excluding hydrogens is 350 g/mol. The van der Waals surface area contributed by atoms with Crippen molar-refractivity contribution in [1.82, 2.24) is 24.4 Å². The molecule has 0 spiro atoms. The van der Waals surface area contributed by atoms with E-state index in [0.29, 0.717) is 28.5 Å². The molecule has 2 aromatic heterocycles. The molecule has 1 amide bonds. The smallest absolute Gasteiger partial charge is 0.265 e. The second-order valence-corrected chi connectivity index (χ2v) is 7.94. The molecule has 0 saturated carbocycles. The lowest BCUT2D eigenvalue weighted by Gasteiger charge is -2.33. The molecule has 7 nitrogen and oxygen atoms in total. The van der Waals surface area contributed by atoms with Crippen LogP contribution < -0.4 is 5.56 Å². The molecule has 3 rings (SSSR count). The molecule has 1 aliphatic rings. The van der Waals surface area contributed by atoms with Crippen LogP contribution in [0.4, 0.5) is 0 Å². The van der Waals surface area contributed by atoms with Crippen LogP contribution in [-0.2, 0) is 4.79 Å². The Kier molecular flexibility index (Phi) is 5.90. The number of amides is 1. The summed E-state index contributed by atoms with van der Waals surface area (Å²) in [6.07, 6.45) is 5.54. The van der Waals surface area contributed by atoms with Gasteiger partial charge in [-0.2, -0.15) is 0 Å². The summed E-state index contributed by atoms with van der Waals surface area (Å²) in [4.78, 5) is 40.6. The van der Waals surface area contributed by atoms with Gasteiger partial charge in [0.15, 0.2) is 10.8 Å². The maximum Gasteiger partial charge on any atom is 0.265 e. The van der Waals surface area contributed by atoms with Crippen molar-refractivity contribution in [3.63, 3.8) is 0 Å². The van der Waals surface area contributed by atoms with Crippen LogP contribution in [0.1, 0.15) is 46.1 Å². The number of rotatable bonds is 5. The lowest BCUT2D eigenvalue weighted by molar-refractivity contribution is -0.136. The van der Waals surface area contributed by atoms with E-state index < -0.39 is 6.04 Å². The maximum atomic E-state index is 13.0. The van der Waals surface area contributed by atoms with Gasteiger partial charge >= 0.3 is 0 Å². The Balaban J connectivity index is 1.92. The number of thioether (sulfide) groups is 1. The molecule has 26 heavy (non-hydrogen) atoms. The fourth-order valence-electron chi connectivity index (χ4n) is 3.27. The molecule has 0 unspecified atom stereocenters. The lowest BCUT2D eigenvalue weighted by atomic mass is 9.98. The number of nitrogens with zero attached hydrogens (tertiary/aromatic N) is 5. The summed E-state index contributed by atoms with van der Waals surface area (Å²) in [5, 5.41) is 0.960. The van der Waals surface area contributed by atoms with Crippen LogP contribution in [0.2, 0.25) is 0 Å². The molecule has 0 aliphatic carbocycles. The predicted octanol–water partition coefficient (Wildman–Crippen LogP) is 2.51. The fraction of sp³-hybridized carbons (Fsp3) is 0.611. The minimum Gasteiger partial charge on any atom is -0.341 e. The van der Waals surface area contributed by atoms with E-state index in [1.54, 1.807) is 0 Å². The summed E-state index contributed by atoms with van der Waals surface area (Å²) in [5.74, 6) is 1.50. The average molecular weight is 375 g/mol. The number of fused-ring (bicyclic) bond motifs is 1. The normalized spacial score (nSPS) is 16.8. The van der Waals surface area contributed by atoms with Gasteiger partial charge in [0.2, 0.25) is 5.91 Å². The minimum atomic E-state index is -0.530. The van der Waals surface area contributed by atoms with Crippen LogP contribution in [-0.4, -0.2) is 49.2 Å². The van der Waals surface area contributed by atoms with Gasteiger partial charge in [0.25, 0.3) is 5.56 Å². The van der Waals surface area contributed by atoms with Crippen molar-refractivity contribution in [3.05, 3.63) is 22.9 Å². The van der Waals surface area contributed by atoms with E-state index in [2.05, 4.69) is 21.9 Å². The van der Waals surface area contributed by atoms with Gasteiger partial charge in [-0.25, -0.2) is 15.0 Å². The first-order valence-corrected chi connectivity index (χ1v) is 10.2. The summed E-state index contributed by atoms with van der Waals surface area (Å²) in [7, 11) is 0. The van der Waals surface area contributed by atoms with E-state index >= 15 is 0 Å². The van der Waals surface area contributed by atoms with Crippen molar-refractivity contribution < 1.29 is 4.79 Å². The zero-order chi connectivity index (χ0) is 18.7. The van der Waals surface area contributed by atoms with Gasteiger partial charge < -0.3 is 4.90 Å². The van der Waals surface area contributed by atoms with E-state index in [-0.39, 0.29) is 11.5 Å². The summed E-state index contributed by atoms with van der Waals surface area (Å²) in [5.41, 5.74) is 0.125. The zero-order valence-corrected chi connectivity index (χ0v) is 16.3. The summed E-state index contributed by atoms with van der Waals surface area (Å²) in [6.45, 7) is 7.66. The van der Waals surface area contributed by atoms with Crippen molar-refractivity contribution in [1.29, 1.82) is 0 Å². The predicted molar refractivity (Wildman–Crippen MR) is 102 cm³/mol. The van der Waals surface area contributed by atoms with Crippen molar-refractivity contribution in [3.8, 4) is 0 Å². The standard InChI is InChI=1S/C18H25N5O2S/c1-4-14(17(25)22-8-6-12(3)7-9-22)23-11-20-15-13(16(23)24)10-19-18(21-15)26-5-2/h10-12,14H,4-9H2,1-3H3/t14-/m1/s1. The first kappa shape index (κ1) is 18.8.